The third-order valence-corrected chi connectivity index (χ3v) is 3.81. The summed E-state index contributed by atoms with van der Waals surface area (Å²) < 4.78 is 5.86. The molecule has 0 aromatic rings. The first-order chi connectivity index (χ1) is 7.90. The van der Waals surface area contributed by atoms with Gasteiger partial charge in [0.2, 0.25) is 0 Å². The molecule has 2 fully saturated rings. The number of hydrogen-bond donors (Lipinski definition) is 2. The molecule has 1 aliphatic heterocycles. The van der Waals surface area contributed by atoms with Crippen LogP contribution in [0.3, 0.4) is 0 Å². The van der Waals surface area contributed by atoms with Crippen molar-refractivity contribution in [1.82, 2.24) is 10.6 Å². The molecule has 16 heavy (non-hydrogen) atoms. The largest absolute Gasteiger partial charge is 0.378 e. The molecular formula is C13H26N2O. The third kappa shape index (κ3) is 4.04. The van der Waals surface area contributed by atoms with Gasteiger partial charge in [0.1, 0.15) is 0 Å². The number of hydrogen-bond acceptors (Lipinski definition) is 3. The van der Waals surface area contributed by atoms with Gasteiger partial charge in [-0.2, -0.15) is 0 Å². The van der Waals surface area contributed by atoms with Gasteiger partial charge in [-0.1, -0.05) is 13.3 Å². The van der Waals surface area contributed by atoms with Gasteiger partial charge in [-0.05, 0) is 51.2 Å². The lowest BCUT2D eigenvalue weighted by molar-refractivity contribution is 0.0317. The van der Waals surface area contributed by atoms with Crippen LogP contribution in [0.25, 0.3) is 0 Å². The fraction of sp³-hybridized carbons (Fsp3) is 1.00. The van der Waals surface area contributed by atoms with E-state index in [1.54, 1.807) is 0 Å². The van der Waals surface area contributed by atoms with Crippen molar-refractivity contribution in [2.45, 2.75) is 51.2 Å². The fourth-order valence-corrected chi connectivity index (χ4v) is 2.52. The van der Waals surface area contributed by atoms with Crippen LogP contribution in [0.15, 0.2) is 0 Å². The molecule has 3 nitrogen and oxygen atoms in total. The van der Waals surface area contributed by atoms with E-state index in [4.69, 9.17) is 4.74 Å². The van der Waals surface area contributed by atoms with Gasteiger partial charge in [-0.3, -0.25) is 0 Å². The standard InChI is InChI=1S/C13H26N2O/c1-2-11-10-13(11)15-6-3-9-16-12-4-7-14-8-5-12/h11-15H,2-10H2,1H3. The van der Waals surface area contributed by atoms with Gasteiger partial charge in [0, 0.05) is 12.6 Å². The molecule has 0 amide bonds. The second-order valence-corrected chi connectivity index (χ2v) is 5.14. The molecule has 2 aliphatic rings. The molecule has 0 spiro atoms. The van der Waals surface area contributed by atoms with Gasteiger partial charge in [0.25, 0.3) is 0 Å². The van der Waals surface area contributed by atoms with Gasteiger partial charge in [0.15, 0.2) is 0 Å². The van der Waals surface area contributed by atoms with E-state index < -0.39 is 0 Å². The molecule has 0 radical (unpaired) electrons. The summed E-state index contributed by atoms with van der Waals surface area (Å²) in [6.07, 6.45) is 6.79. The Morgan fingerprint density at radius 2 is 2.12 bits per heavy atom. The van der Waals surface area contributed by atoms with Crippen LogP contribution in [0.5, 0.6) is 0 Å². The maximum Gasteiger partial charge on any atom is 0.0599 e. The van der Waals surface area contributed by atoms with E-state index in [-0.39, 0.29) is 0 Å². The molecule has 3 heteroatoms. The highest BCUT2D eigenvalue weighted by molar-refractivity contribution is 4.91. The van der Waals surface area contributed by atoms with Gasteiger partial charge in [0.05, 0.1) is 6.10 Å². The summed E-state index contributed by atoms with van der Waals surface area (Å²) in [5.41, 5.74) is 0. The van der Waals surface area contributed by atoms with Gasteiger partial charge in [-0.15, -0.1) is 0 Å². The molecule has 2 atom stereocenters. The molecule has 1 aliphatic carbocycles. The normalized spacial score (nSPS) is 30.6. The average Bonchev–Trinajstić information content (AvgIpc) is 3.09. The summed E-state index contributed by atoms with van der Waals surface area (Å²) in [6, 6.07) is 0.823. The Morgan fingerprint density at radius 3 is 2.81 bits per heavy atom. The van der Waals surface area contributed by atoms with Crippen molar-refractivity contribution in [3.8, 4) is 0 Å². The molecule has 2 rings (SSSR count). The first-order valence-electron chi connectivity index (χ1n) is 6.96. The summed E-state index contributed by atoms with van der Waals surface area (Å²) >= 11 is 0. The highest BCUT2D eigenvalue weighted by Crippen LogP contribution is 2.32. The van der Waals surface area contributed by atoms with E-state index in [1.165, 1.54) is 25.7 Å². The van der Waals surface area contributed by atoms with E-state index in [1.807, 2.05) is 0 Å². The quantitative estimate of drug-likeness (QED) is 0.646. The Hall–Kier alpha value is -0.120. The molecular weight excluding hydrogens is 200 g/mol. The summed E-state index contributed by atoms with van der Waals surface area (Å²) in [5.74, 6) is 0.963. The fourth-order valence-electron chi connectivity index (χ4n) is 2.52. The summed E-state index contributed by atoms with van der Waals surface area (Å²) in [6.45, 7) is 6.60. The molecule has 1 saturated carbocycles. The minimum absolute atomic E-state index is 0.519. The Kier molecular flexibility index (Phi) is 5.07. The lowest BCUT2D eigenvalue weighted by Crippen LogP contribution is -2.33. The number of nitrogens with one attached hydrogen (secondary N) is 2. The zero-order chi connectivity index (χ0) is 11.2. The topological polar surface area (TPSA) is 33.3 Å². The van der Waals surface area contributed by atoms with E-state index in [9.17, 15) is 0 Å². The molecule has 0 aromatic carbocycles. The number of piperidine rings is 1. The van der Waals surface area contributed by atoms with Crippen LogP contribution < -0.4 is 10.6 Å². The van der Waals surface area contributed by atoms with Crippen LogP contribution in [-0.2, 0) is 4.74 Å². The monoisotopic (exact) mass is 226 g/mol. The van der Waals surface area contributed by atoms with Gasteiger partial charge in [-0.25, -0.2) is 0 Å². The predicted octanol–water partition coefficient (Wildman–Crippen LogP) is 1.53. The van der Waals surface area contributed by atoms with Gasteiger partial charge < -0.3 is 15.4 Å². The number of ether oxygens (including phenoxy) is 1. The molecule has 94 valence electrons. The molecule has 2 N–H and O–H groups in total. The molecule has 2 unspecified atom stereocenters. The average molecular weight is 226 g/mol. The Balaban J connectivity index is 1.40. The highest BCUT2D eigenvalue weighted by Gasteiger charge is 2.34. The molecule has 1 heterocycles. The van der Waals surface area contributed by atoms with Crippen LogP contribution in [0, 0.1) is 5.92 Å². The lowest BCUT2D eigenvalue weighted by Gasteiger charge is -2.22. The Morgan fingerprint density at radius 1 is 1.31 bits per heavy atom. The van der Waals surface area contributed by atoms with Crippen molar-refractivity contribution >= 4 is 0 Å². The first-order valence-corrected chi connectivity index (χ1v) is 6.96. The second kappa shape index (κ2) is 6.58. The lowest BCUT2D eigenvalue weighted by atomic mass is 10.1. The first kappa shape index (κ1) is 12.3. The van der Waals surface area contributed by atoms with Crippen molar-refractivity contribution in [1.29, 1.82) is 0 Å². The Bertz CT molecular complexity index is 192. The smallest absolute Gasteiger partial charge is 0.0599 e. The van der Waals surface area contributed by atoms with E-state index in [2.05, 4.69) is 17.6 Å². The maximum atomic E-state index is 5.86. The summed E-state index contributed by atoms with van der Waals surface area (Å²) in [4.78, 5) is 0. The Labute approximate surface area is 99.3 Å². The zero-order valence-electron chi connectivity index (χ0n) is 10.5. The highest BCUT2D eigenvalue weighted by atomic mass is 16.5. The molecule has 1 saturated heterocycles. The van der Waals surface area contributed by atoms with Crippen LogP contribution in [0.1, 0.15) is 39.0 Å². The van der Waals surface area contributed by atoms with Crippen molar-refractivity contribution in [3.05, 3.63) is 0 Å². The van der Waals surface area contributed by atoms with Crippen LogP contribution in [0.2, 0.25) is 0 Å². The summed E-state index contributed by atoms with van der Waals surface area (Å²) in [5, 5.41) is 6.96. The van der Waals surface area contributed by atoms with Gasteiger partial charge >= 0.3 is 0 Å². The predicted molar refractivity (Wildman–Crippen MR) is 66.6 cm³/mol. The van der Waals surface area contributed by atoms with Crippen molar-refractivity contribution in [2.24, 2.45) is 5.92 Å². The third-order valence-electron chi connectivity index (χ3n) is 3.81. The van der Waals surface area contributed by atoms with Crippen molar-refractivity contribution < 1.29 is 4.74 Å². The molecule has 0 bridgehead atoms. The van der Waals surface area contributed by atoms with Crippen LogP contribution in [-0.4, -0.2) is 38.4 Å². The minimum atomic E-state index is 0.519. The van der Waals surface area contributed by atoms with Crippen molar-refractivity contribution in [3.63, 3.8) is 0 Å². The van der Waals surface area contributed by atoms with Crippen LogP contribution in [0.4, 0.5) is 0 Å². The van der Waals surface area contributed by atoms with E-state index in [0.29, 0.717) is 6.10 Å². The minimum Gasteiger partial charge on any atom is -0.378 e. The zero-order valence-corrected chi connectivity index (χ0v) is 10.5. The summed E-state index contributed by atoms with van der Waals surface area (Å²) in [7, 11) is 0. The van der Waals surface area contributed by atoms with E-state index in [0.717, 1.165) is 44.6 Å². The maximum absolute atomic E-state index is 5.86. The van der Waals surface area contributed by atoms with E-state index >= 15 is 0 Å². The second-order valence-electron chi connectivity index (χ2n) is 5.14. The van der Waals surface area contributed by atoms with Crippen molar-refractivity contribution in [2.75, 3.05) is 26.2 Å². The SMILES string of the molecule is CCC1CC1NCCCOC1CCNCC1. The molecule has 0 aromatic heterocycles. The number of rotatable bonds is 7. The van der Waals surface area contributed by atoms with Crippen LogP contribution >= 0.6 is 0 Å².